The second-order valence-electron chi connectivity index (χ2n) is 5.38. The van der Waals surface area contributed by atoms with Gasteiger partial charge in [-0.3, -0.25) is 18.7 Å². The summed E-state index contributed by atoms with van der Waals surface area (Å²) in [6.45, 7) is -0.718. The number of anilines is 1. The molecule has 2 rings (SSSR count). The summed E-state index contributed by atoms with van der Waals surface area (Å²) in [7, 11) is 2.52. The topological polar surface area (TPSA) is 113 Å². The van der Waals surface area contributed by atoms with Crippen LogP contribution in [-0.4, -0.2) is 27.5 Å². The van der Waals surface area contributed by atoms with E-state index in [9.17, 15) is 23.6 Å². The number of nitrogen functional groups attached to an aromatic ring is 1. The van der Waals surface area contributed by atoms with Crippen LogP contribution in [0.2, 0.25) is 0 Å². The summed E-state index contributed by atoms with van der Waals surface area (Å²) in [6, 6.07) is 5.37. The van der Waals surface area contributed by atoms with Gasteiger partial charge in [0.05, 0.1) is 0 Å². The second-order valence-corrected chi connectivity index (χ2v) is 5.38. The number of aromatic nitrogens is 2. The number of nitrogens with zero attached hydrogens (tertiary/aromatic N) is 2. The molecule has 26 heavy (non-hydrogen) atoms. The quantitative estimate of drug-likeness (QED) is 0.464. The van der Waals surface area contributed by atoms with Gasteiger partial charge in [-0.2, -0.15) is 0 Å². The minimum Gasteiger partial charge on any atom is -0.454 e. The molecule has 0 bridgehead atoms. The fourth-order valence-corrected chi connectivity index (χ4v) is 2.12. The van der Waals surface area contributed by atoms with E-state index in [1.165, 1.54) is 44.4 Å². The highest BCUT2D eigenvalue weighted by atomic mass is 19.1. The lowest BCUT2D eigenvalue weighted by Gasteiger charge is -2.10. The maximum absolute atomic E-state index is 12.8. The first-order chi connectivity index (χ1) is 12.2. The Morgan fingerprint density at radius 2 is 1.77 bits per heavy atom. The number of nitrogens with two attached hydrogens (primary N) is 1. The van der Waals surface area contributed by atoms with Crippen molar-refractivity contribution in [3.05, 3.63) is 68.1 Å². The second kappa shape index (κ2) is 7.60. The van der Waals surface area contributed by atoms with Gasteiger partial charge in [0.25, 0.3) is 5.56 Å². The van der Waals surface area contributed by atoms with Crippen molar-refractivity contribution in [3.63, 3.8) is 0 Å². The molecule has 0 aliphatic heterocycles. The molecule has 1 aromatic heterocycles. The lowest BCUT2D eigenvalue weighted by molar-refractivity contribution is -0.136. The number of hydrogen-bond acceptors (Lipinski definition) is 6. The summed E-state index contributed by atoms with van der Waals surface area (Å²) in [5.74, 6) is -2.38. The van der Waals surface area contributed by atoms with Gasteiger partial charge in [-0.15, -0.1) is 0 Å². The zero-order valence-corrected chi connectivity index (χ0v) is 14.1. The van der Waals surface area contributed by atoms with Crippen LogP contribution < -0.4 is 17.0 Å². The fraction of sp³-hybridized carbons (Fsp3) is 0.176. The van der Waals surface area contributed by atoms with E-state index in [0.29, 0.717) is 5.56 Å². The third kappa shape index (κ3) is 3.94. The van der Waals surface area contributed by atoms with E-state index in [2.05, 4.69) is 0 Å². The first kappa shape index (κ1) is 18.8. The van der Waals surface area contributed by atoms with Gasteiger partial charge in [0, 0.05) is 20.2 Å². The summed E-state index contributed by atoms with van der Waals surface area (Å²) in [5.41, 5.74) is 4.24. The molecule has 0 saturated heterocycles. The molecule has 0 aliphatic carbocycles. The molecule has 0 unspecified atom stereocenters. The third-order valence-corrected chi connectivity index (χ3v) is 3.62. The molecule has 0 atom stereocenters. The highest BCUT2D eigenvalue weighted by Crippen LogP contribution is 2.06. The van der Waals surface area contributed by atoms with E-state index in [0.717, 1.165) is 15.2 Å². The van der Waals surface area contributed by atoms with Crippen LogP contribution in [0.3, 0.4) is 0 Å². The smallest absolute Gasteiger partial charge is 0.332 e. The van der Waals surface area contributed by atoms with Crippen molar-refractivity contribution >= 4 is 23.6 Å². The highest BCUT2D eigenvalue weighted by molar-refractivity contribution is 6.01. The van der Waals surface area contributed by atoms with Crippen LogP contribution in [0, 0.1) is 5.82 Å². The number of Topliss-reactive ketones (excluding diaryl/α,β-unsaturated/α-hetero) is 1. The van der Waals surface area contributed by atoms with Crippen LogP contribution in [-0.2, 0) is 23.6 Å². The molecule has 136 valence electrons. The summed E-state index contributed by atoms with van der Waals surface area (Å²) >= 11 is 0. The summed E-state index contributed by atoms with van der Waals surface area (Å²) in [6.07, 6.45) is 2.44. The number of halogens is 1. The number of ketones is 1. The summed E-state index contributed by atoms with van der Waals surface area (Å²) < 4.78 is 19.3. The Bertz CT molecular complexity index is 1000. The predicted molar refractivity (Wildman–Crippen MR) is 92.1 cm³/mol. The zero-order valence-electron chi connectivity index (χ0n) is 14.1. The van der Waals surface area contributed by atoms with E-state index >= 15 is 0 Å². The molecule has 2 N–H and O–H groups in total. The number of benzene rings is 1. The van der Waals surface area contributed by atoms with Gasteiger partial charge in [-0.1, -0.05) is 12.1 Å². The standard InChI is InChI=1S/C17H16FN3O5/c1-20-15(19)14(16(24)21(2)17(20)25)12(22)9-26-13(23)8-5-10-3-6-11(18)7-4-10/h3-8H,9,19H2,1-2H3/b8-5+. The van der Waals surface area contributed by atoms with Crippen molar-refractivity contribution in [1.29, 1.82) is 0 Å². The SMILES string of the molecule is Cn1c(N)c(C(=O)COC(=O)/C=C/c2ccc(F)cc2)c(=O)n(C)c1=O. The summed E-state index contributed by atoms with van der Waals surface area (Å²) in [4.78, 5) is 47.6. The van der Waals surface area contributed by atoms with Crippen molar-refractivity contribution in [1.82, 2.24) is 9.13 Å². The van der Waals surface area contributed by atoms with E-state index < -0.39 is 41.0 Å². The number of rotatable bonds is 5. The molecule has 8 nitrogen and oxygen atoms in total. The van der Waals surface area contributed by atoms with Crippen molar-refractivity contribution in [2.24, 2.45) is 14.1 Å². The molecule has 0 amide bonds. The molecular weight excluding hydrogens is 345 g/mol. The van der Waals surface area contributed by atoms with Gasteiger partial charge in [0.1, 0.15) is 17.2 Å². The monoisotopic (exact) mass is 361 g/mol. The molecular formula is C17H16FN3O5. The van der Waals surface area contributed by atoms with Crippen molar-refractivity contribution in [2.75, 3.05) is 12.3 Å². The van der Waals surface area contributed by atoms with Gasteiger partial charge < -0.3 is 10.5 Å². The van der Waals surface area contributed by atoms with Crippen LogP contribution in [0.5, 0.6) is 0 Å². The Kier molecular flexibility index (Phi) is 5.51. The average molecular weight is 361 g/mol. The Morgan fingerprint density at radius 3 is 2.38 bits per heavy atom. The number of hydrogen-bond donors (Lipinski definition) is 1. The lowest BCUT2D eigenvalue weighted by Crippen LogP contribution is -2.42. The molecule has 1 heterocycles. The average Bonchev–Trinajstić information content (AvgIpc) is 2.62. The Hall–Kier alpha value is -3.49. The van der Waals surface area contributed by atoms with Crippen LogP contribution in [0.25, 0.3) is 6.08 Å². The maximum atomic E-state index is 12.8. The van der Waals surface area contributed by atoms with Crippen LogP contribution >= 0.6 is 0 Å². The van der Waals surface area contributed by atoms with Crippen LogP contribution in [0.4, 0.5) is 10.2 Å². The lowest BCUT2D eigenvalue weighted by atomic mass is 10.2. The largest absolute Gasteiger partial charge is 0.454 e. The molecule has 0 aliphatic rings. The van der Waals surface area contributed by atoms with Crippen LogP contribution in [0.15, 0.2) is 39.9 Å². The van der Waals surface area contributed by atoms with Gasteiger partial charge in [-0.25, -0.2) is 14.0 Å². The maximum Gasteiger partial charge on any atom is 0.332 e. The van der Waals surface area contributed by atoms with Crippen molar-refractivity contribution in [3.8, 4) is 0 Å². The van der Waals surface area contributed by atoms with E-state index in [-0.39, 0.29) is 5.82 Å². The molecule has 0 radical (unpaired) electrons. The predicted octanol–water partition coefficient (Wildman–Crippen LogP) is 0.245. The number of carbonyl (C=O) groups excluding carboxylic acids is 2. The summed E-state index contributed by atoms with van der Waals surface area (Å²) in [5, 5.41) is 0. The van der Waals surface area contributed by atoms with Gasteiger partial charge in [0.2, 0.25) is 5.78 Å². The molecule has 0 saturated carbocycles. The van der Waals surface area contributed by atoms with E-state index in [1.54, 1.807) is 0 Å². The first-order valence-electron chi connectivity index (χ1n) is 7.41. The first-order valence-corrected chi connectivity index (χ1v) is 7.41. The van der Waals surface area contributed by atoms with Crippen molar-refractivity contribution in [2.45, 2.75) is 0 Å². The molecule has 1 aromatic carbocycles. The zero-order chi connectivity index (χ0) is 19.4. The molecule has 9 heteroatoms. The molecule has 2 aromatic rings. The molecule has 0 spiro atoms. The van der Waals surface area contributed by atoms with Gasteiger partial charge >= 0.3 is 11.7 Å². The Labute approximate surface area is 146 Å². The van der Waals surface area contributed by atoms with E-state index in [4.69, 9.17) is 10.5 Å². The number of ether oxygens (including phenoxy) is 1. The minimum absolute atomic E-state index is 0.305. The fourth-order valence-electron chi connectivity index (χ4n) is 2.12. The highest BCUT2D eigenvalue weighted by Gasteiger charge is 2.21. The minimum atomic E-state index is -0.867. The van der Waals surface area contributed by atoms with E-state index in [1.807, 2.05) is 0 Å². The van der Waals surface area contributed by atoms with Crippen molar-refractivity contribution < 1.29 is 18.7 Å². The van der Waals surface area contributed by atoms with Gasteiger partial charge in [-0.05, 0) is 23.8 Å². The molecule has 0 fully saturated rings. The number of carbonyl (C=O) groups is 2. The van der Waals surface area contributed by atoms with Crippen LogP contribution in [0.1, 0.15) is 15.9 Å². The number of esters is 1. The Morgan fingerprint density at radius 1 is 1.15 bits per heavy atom. The van der Waals surface area contributed by atoms with Gasteiger partial charge in [0.15, 0.2) is 6.61 Å². The third-order valence-electron chi connectivity index (χ3n) is 3.62. The Balaban J connectivity index is 2.09. The normalized spacial score (nSPS) is 10.9.